The highest BCUT2D eigenvalue weighted by Gasteiger charge is 2.18. The number of hydrogen-bond donors (Lipinski definition) is 2. The van der Waals surface area contributed by atoms with Crippen molar-refractivity contribution < 1.29 is 19.1 Å². The summed E-state index contributed by atoms with van der Waals surface area (Å²) >= 11 is 0. The molecule has 2 aliphatic rings. The van der Waals surface area contributed by atoms with E-state index < -0.39 is 0 Å². The molecule has 2 N–H and O–H groups in total. The Morgan fingerprint density at radius 1 is 0.895 bits per heavy atom. The van der Waals surface area contributed by atoms with Gasteiger partial charge >= 0.3 is 11.9 Å². The van der Waals surface area contributed by atoms with Gasteiger partial charge < -0.3 is 20.1 Å². The molecule has 6 nitrogen and oxygen atoms in total. The zero-order valence-corrected chi connectivity index (χ0v) is 10.7. The first-order valence-corrected chi connectivity index (χ1v) is 6.46. The predicted molar refractivity (Wildman–Crippen MR) is 67.9 cm³/mol. The predicted octanol–water partition coefficient (Wildman–Crippen LogP) is 0.217. The van der Waals surface area contributed by atoms with Crippen LogP contribution in [0.4, 0.5) is 0 Å². The molecule has 0 aromatic heterocycles. The molecule has 0 spiro atoms. The van der Waals surface area contributed by atoms with E-state index in [-0.39, 0.29) is 11.9 Å². The first-order valence-electron chi connectivity index (χ1n) is 6.46. The zero-order chi connectivity index (χ0) is 13.5. The summed E-state index contributed by atoms with van der Waals surface area (Å²) in [4.78, 5) is 22.2. The fourth-order valence-corrected chi connectivity index (χ4v) is 1.84. The number of hydrogen-bond acceptors (Lipinski definition) is 6. The maximum Gasteiger partial charge on any atom is 0.335 e. The summed E-state index contributed by atoms with van der Waals surface area (Å²) in [6, 6.07) is 0. The van der Waals surface area contributed by atoms with Gasteiger partial charge in [0.2, 0.25) is 0 Å². The molecule has 0 saturated carbocycles. The monoisotopic (exact) mass is 266 g/mol. The molecule has 0 aromatic carbocycles. The van der Waals surface area contributed by atoms with Crippen LogP contribution in [0.5, 0.6) is 0 Å². The molecule has 2 fully saturated rings. The molecule has 0 aliphatic carbocycles. The molecule has 6 heteroatoms. The Balaban J connectivity index is 1.55. The molecular weight excluding hydrogens is 248 g/mol. The second-order valence-corrected chi connectivity index (χ2v) is 4.37. The van der Waals surface area contributed by atoms with Crippen LogP contribution in [0.25, 0.3) is 0 Å². The van der Waals surface area contributed by atoms with E-state index in [1.807, 2.05) is 0 Å². The number of ether oxygens (including phenoxy) is 2. The van der Waals surface area contributed by atoms with Gasteiger partial charge in [0, 0.05) is 38.3 Å². The van der Waals surface area contributed by atoms with Crippen LogP contribution in [0, 0.1) is 0 Å². The van der Waals surface area contributed by atoms with Gasteiger partial charge in [-0.1, -0.05) is 0 Å². The Bertz CT molecular complexity index is 377. The Morgan fingerprint density at radius 2 is 1.37 bits per heavy atom. The number of rotatable bonds is 6. The summed E-state index contributed by atoms with van der Waals surface area (Å²) < 4.78 is 9.63. The topological polar surface area (TPSA) is 76.7 Å². The number of nitrogens with one attached hydrogen (secondary N) is 2. The van der Waals surface area contributed by atoms with Crippen LogP contribution in [-0.4, -0.2) is 38.2 Å². The summed E-state index contributed by atoms with van der Waals surface area (Å²) in [5.41, 5.74) is 1.40. The second kappa shape index (κ2) is 6.82. The second-order valence-electron chi connectivity index (χ2n) is 4.37. The van der Waals surface area contributed by atoms with Gasteiger partial charge in [0.15, 0.2) is 0 Å². The van der Waals surface area contributed by atoms with E-state index in [0.29, 0.717) is 37.2 Å². The third kappa shape index (κ3) is 4.01. The maximum atomic E-state index is 11.1. The molecule has 19 heavy (non-hydrogen) atoms. The van der Waals surface area contributed by atoms with Crippen molar-refractivity contribution in [3.05, 3.63) is 23.5 Å². The zero-order valence-electron chi connectivity index (χ0n) is 10.7. The Labute approximate surface area is 111 Å². The Hall–Kier alpha value is -1.98. The van der Waals surface area contributed by atoms with Crippen LogP contribution in [0.2, 0.25) is 0 Å². The van der Waals surface area contributed by atoms with Crippen LogP contribution in [-0.2, 0) is 19.1 Å². The highest BCUT2D eigenvalue weighted by atomic mass is 16.5. The average Bonchev–Trinajstić information content (AvgIpc) is 2.98. The van der Waals surface area contributed by atoms with Gasteiger partial charge in [-0.3, -0.25) is 0 Å². The van der Waals surface area contributed by atoms with Crippen LogP contribution >= 0.6 is 0 Å². The first kappa shape index (κ1) is 13.5. The van der Waals surface area contributed by atoms with Gasteiger partial charge in [-0.15, -0.1) is 0 Å². The lowest BCUT2D eigenvalue weighted by Gasteiger charge is -2.02. The third-order valence-electron chi connectivity index (χ3n) is 2.93. The minimum atomic E-state index is -0.227. The minimum Gasteiger partial charge on any atom is -0.462 e. The van der Waals surface area contributed by atoms with Crippen molar-refractivity contribution in [3.8, 4) is 0 Å². The summed E-state index contributed by atoms with van der Waals surface area (Å²) in [6.45, 7) is 2.49. The number of esters is 2. The Kier molecular flexibility index (Phi) is 4.83. The molecule has 0 radical (unpaired) electrons. The highest BCUT2D eigenvalue weighted by molar-refractivity contribution is 5.90. The van der Waals surface area contributed by atoms with Gasteiger partial charge in [-0.05, 0) is 6.42 Å². The van der Waals surface area contributed by atoms with Gasteiger partial charge in [-0.25, -0.2) is 9.59 Å². The van der Waals surface area contributed by atoms with E-state index in [2.05, 4.69) is 10.6 Å². The fraction of sp³-hybridized carbons (Fsp3) is 0.538. The van der Waals surface area contributed by atoms with Gasteiger partial charge in [0.25, 0.3) is 0 Å². The molecule has 0 bridgehead atoms. The van der Waals surface area contributed by atoms with Crippen LogP contribution < -0.4 is 10.6 Å². The smallest absolute Gasteiger partial charge is 0.335 e. The standard InChI is InChI=1S/C13H18N2O4/c16-12-10(2-6-18-12)8-14-4-1-5-15-9-11-3-7-19-13(11)17/h8-9,14-15H,1-7H2/b10-8+,11-9+. The van der Waals surface area contributed by atoms with Gasteiger partial charge in [0.1, 0.15) is 0 Å². The largest absolute Gasteiger partial charge is 0.462 e. The lowest BCUT2D eigenvalue weighted by atomic mass is 10.2. The van der Waals surface area contributed by atoms with Crippen LogP contribution in [0.15, 0.2) is 23.5 Å². The normalized spacial score (nSPS) is 22.7. The lowest BCUT2D eigenvalue weighted by Crippen LogP contribution is -2.17. The third-order valence-corrected chi connectivity index (χ3v) is 2.93. The molecule has 2 aliphatic heterocycles. The van der Waals surface area contributed by atoms with E-state index in [1.54, 1.807) is 12.4 Å². The van der Waals surface area contributed by atoms with Crippen molar-refractivity contribution in [1.82, 2.24) is 10.6 Å². The van der Waals surface area contributed by atoms with Crippen molar-refractivity contribution in [2.24, 2.45) is 0 Å². The highest BCUT2D eigenvalue weighted by Crippen LogP contribution is 2.11. The van der Waals surface area contributed by atoms with Crippen molar-refractivity contribution >= 4 is 11.9 Å². The Morgan fingerprint density at radius 3 is 1.74 bits per heavy atom. The number of carbonyl (C=O) groups excluding carboxylic acids is 2. The fourth-order valence-electron chi connectivity index (χ4n) is 1.84. The molecule has 2 saturated heterocycles. The van der Waals surface area contributed by atoms with Crippen molar-refractivity contribution in [1.29, 1.82) is 0 Å². The molecule has 0 amide bonds. The van der Waals surface area contributed by atoms with Crippen molar-refractivity contribution in [3.63, 3.8) is 0 Å². The van der Waals surface area contributed by atoms with Gasteiger partial charge in [0.05, 0.1) is 24.4 Å². The molecule has 0 unspecified atom stereocenters. The van der Waals surface area contributed by atoms with Crippen LogP contribution in [0.1, 0.15) is 19.3 Å². The molecule has 0 aromatic rings. The van der Waals surface area contributed by atoms with Crippen LogP contribution in [0.3, 0.4) is 0 Å². The molecule has 2 heterocycles. The van der Waals surface area contributed by atoms with Crippen molar-refractivity contribution in [2.75, 3.05) is 26.3 Å². The minimum absolute atomic E-state index is 0.227. The first-order chi connectivity index (χ1) is 9.27. The molecule has 104 valence electrons. The van der Waals surface area contributed by atoms with E-state index in [1.165, 1.54) is 0 Å². The summed E-state index contributed by atoms with van der Waals surface area (Å²) in [5, 5.41) is 6.16. The van der Waals surface area contributed by atoms with Gasteiger partial charge in [-0.2, -0.15) is 0 Å². The number of cyclic esters (lactones) is 2. The lowest BCUT2D eigenvalue weighted by molar-refractivity contribution is -0.135. The van der Waals surface area contributed by atoms with E-state index in [9.17, 15) is 9.59 Å². The van der Waals surface area contributed by atoms with E-state index in [4.69, 9.17) is 9.47 Å². The molecule has 0 atom stereocenters. The summed E-state index contributed by atoms with van der Waals surface area (Å²) in [6.07, 6.45) is 5.69. The van der Waals surface area contributed by atoms with E-state index >= 15 is 0 Å². The maximum absolute atomic E-state index is 11.1. The van der Waals surface area contributed by atoms with Crippen molar-refractivity contribution in [2.45, 2.75) is 19.3 Å². The van der Waals surface area contributed by atoms with E-state index in [0.717, 1.165) is 19.5 Å². The quantitative estimate of drug-likeness (QED) is 0.407. The molecular formula is C13H18N2O4. The summed E-state index contributed by atoms with van der Waals surface area (Å²) in [7, 11) is 0. The summed E-state index contributed by atoms with van der Waals surface area (Å²) in [5.74, 6) is -0.454. The average molecular weight is 266 g/mol. The molecule has 2 rings (SSSR count). The SMILES string of the molecule is O=C1OCC/C1=C\NCCCN/C=C1\CCOC1=O. The number of carbonyl (C=O) groups is 2.